The summed E-state index contributed by atoms with van der Waals surface area (Å²) in [5.41, 5.74) is 0. The zero-order chi connectivity index (χ0) is 9.94. The van der Waals surface area contributed by atoms with Crippen LogP contribution < -0.4 is 0 Å². The van der Waals surface area contributed by atoms with Gasteiger partial charge in [-0.25, -0.2) is 0 Å². The van der Waals surface area contributed by atoms with Crippen LogP contribution in [0.3, 0.4) is 0 Å². The molecule has 0 bridgehead atoms. The maximum absolute atomic E-state index is 8.85. The first-order valence-electron chi connectivity index (χ1n) is 3.84. The van der Waals surface area contributed by atoms with E-state index >= 15 is 0 Å². The van der Waals surface area contributed by atoms with Gasteiger partial charge < -0.3 is 15.3 Å². The van der Waals surface area contributed by atoms with Gasteiger partial charge >= 0.3 is 0 Å². The van der Waals surface area contributed by atoms with Gasteiger partial charge in [-0.2, -0.15) is 0 Å². The van der Waals surface area contributed by atoms with Crippen LogP contribution in [-0.4, -0.2) is 34.6 Å². The normalized spacial score (nSPS) is 11.3. The van der Waals surface area contributed by atoms with E-state index in [1.54, 1.807) is 0 Å². The lowest BCUT2D eigenvalue weighted by Gasteiger charge is -1.97. The van der Waals surface area contributed by atoms with Crippen LogP contribution >= 0.6 is 0 Å². The van der Waals surface area contributed by atoms with Crippen LogP contribution in [0.2, 0.25) is 0 Å². The molecular formula is C10H12O3. The van der Waals surface area contributed by atoms with Crippen molar-refractivity contribution in [1.82, 2.24) is 0 Å². The van der Waals surface area contributed by atoms with Crippen molar-refractivity contribution in [2.45, 2.75) is 12.5 Å². The van der Waals surface area contributed by atoms with Gasteiger partial charge in [-0.3, -0.25) is 0 Å². The van der Waals surface area contributed by atoms with Gasteiger partial charge in [0.15, 0.2) is 0 Å². The summed E-state index contributed by atoms with van der Waals surface area (Å²) in [5.74, 6) is 10.1. The third kappa shape index (κ3) is 8.65. The Kier molecular flexibility index (Phi) is 7.98. The Morgan fingerprint density at radius 2 is 2.00 bits per heavy atom. The second-order valence-electron chi connectivity index (χ2n) is 2.20. The standard InChI is InChI=1S/C10H12O3/c11-8-6-4-2-1-3-5-7-10(13)9-12/h4,6,10-13H,7-9H2/t10-/m0/s1. The Labute approximate surface area is 77.7 Å². The molecule has 0 spiro atoms. The molecule has 3 nitrogen and oxygen atoms in total. The Hall–Kier alpha value is -1.26. The molecule has 0 unspecified atom stereocenters. The van der Waals surface area contributed by atoms with Crippen molar-refractivity contribution in [2.24, 2.45) is 0 Å². The predicted molar refractivity (Wildman–Crippen MR) is 49.5 cm³/mol. The molecule has 3 heteroatoms. The zero-order valence-corrected chi connectivity index (χ0v) is 7.20. The van der Waals surface area contributed by atoms with Gasteiger partial charge in [-0.05, 0) is 17.9 Å². The molecule has 70 valence electrons. The third-order valence-corrected chi connectivity index (χ3v) is 1.08. The fourth-order valence-electron chi connectivity index (χ4n) is 0.467. The molecule has 0 heterocycles. The van der Waals surface area contributed by atoms with Gasteiger partial charge in [-0.15, -0.1) is 0 Å². The minimum absolute atomic E-state index is 0.0364. The summed E-state index contributed by atoms with van der Waals surface area (Å²) in [5, 5.41) is 25.6. The van der Waals surface area contributed by atoms with E-state index in [0.29, 0.717) is 0 Å². The number of aliphatic hydroxyl groups excluding tert-OH is 3. The molecule has 0 saturated heterocycles. The number of allylic oxidation sites excluding steroid dienone is 1. The van der Waals surface area contributed by atoms with Crippen LogP contribution in [0.15, 0.2) is 12.2 Å². The van der Waals surface area contributed by atoms with Crippen LogP contribution in [0, 0.1) is 23.7 Å². The lowest BCUT2D eigenvalue weighted by Crippen LogP contribution is -2.09. The number of aliphatic hydroxyl groups is 3. The average Bonchev–Trinajstić information content (AvgIpc) is 2.16. The summed E-state index contributed by atoms with van der Waals surface area (Å²) in [7, 11) is 0. The maximum atomic E-state index is 8.85. The Bertz CT molecular complexity index is 259. The van der Waals surface area contributed by atoms with E-state index in [1.165, 1.54) is 12.2 Å². The fraction of sp³-hybridized carbons (Fsp3) is 0.400. The Balaban J connectivity index is 3.70. The minimum Gasteiger partial charge on any atom is -0.394 e. The summed E-state index contributed by atoms with van der Waals surface area (Å²) in [4.78, 5) is 0. The molecule has 13 heavy (non-hydrogen) atoms. The lowest BCUT2D eigenvalue weighted by molar-refractivity contribution is 0.0992. The van der Waals surface area contributed by atoms with Crippen molar-refractivity contribution in [3.63, 3.8) is 0 Å². The number of hydrogen-bond donors (Lipinski definition) is 3. The van der Waals surface area contributed by atoms with Crippen molar-refractivity contribution in [3.8, 4) is 23.7 Å². The summed E-state index contributed by atoms with van der Waals surface area (Å²) < 4.78 is 0. The Morgan fingerprint density at radius 1 is 1.23 bits per heavy atom. The first kappa shape index (κ1) is 11.7. The monoisotopic (exact) mass is 180 g/mol. The Morgan fingerprint density at radius 3 is 2.62 bits per heavy atom. The van der Waals surface area contributed by atoms with Gasteiger partial charge in [-0.1, -0.05) is 17.9 Å². The molecule has 0 aliphatic carbocycles. The molecule has 0 radical (unpaired) electrons. The number of rotatable bonds is 3. The van der Waals surface area contributed by atoms with Crippen LogP contribution in [0.25, 0.3) is 0 Å². The summed E-state index contributed by atoms with van der Waals surface area (Å²) in [6, 6.07) is 0. The van der Waals surface area contributed by atoms with E-state index in [4.69, 9.17) is 15.3 Å². The quantitative estimate of drug-likeness (QED) is 0.502. The smallest absolute Gasteiger partial charge is 0.0880 e. The first-order valence-corrected chi connectivity index (χ1v) is 3.84. The van der Waals surface area contributed by atoms with Gasteiger partial charge in [0, 0.05) is 6.42 Å². The molecule has 0 aromatic rings. The van der Waals surface area contributed by atoms with Crippen LogP contribution in [0.4, 0.5) is 0 Å². The molecule has 0 aromatic heterocycles. The van der Waals surface area contributed by atoms with Crippen LogP contribution in [0.5, 0.6) is 0 Å². The highest BCUT2D eigenvalue weighted by atomic mass is 16.3. The van der Waals surface area contributed by atoms with Crippen molar-refractivity contribution in [2.75, 3.05) is 13.2 Å². The largest absolute Gasteiger partial charge is 0.394 e. The SMILES string of the molecule is OCC=CC#CC#CC[C@H](O)CO. The van der Waals surface area contributed by atoms with Crippen LogP contribution in [0.1, 0.15) is 6.42 Å². The molecule has 0 fully saturated rings. The van der Waals surface area contributed by atoms with Crippen molar-refractivity contribution >= 4 is 0 Å². The van der Waals surface area contributed by atoms with Crippen LogP contribution in [-0.2, 0) is 0 Å². The molecule has 0 aliphatic heterocycles. The second-order valence-corrected chi connectivity index (χ2v) is 2.20. The fourth-order valence-corrected chi connectivity index (χ4v) is 0.467. The van der Waals surface area contributed by atoms with E-state index in [-0.39, 0.29) is 19.6 Å². The topological polar surface area (TPSA) is 60.7 Å². The molecular weight excluding hydrogens is 168 g/mol. The second kappa shape index (κ2) is 8.83. The lowest BCUT2D eigenvalue weighted by atomic mass is 10.3. The highest BCUT2D eigenvalue weighted by Crippen LogP contribution is 1.85. The highest BCUT2D eigenvalue weighted by Gasteiger charge is 1.95. The maximum Gasteiger partial charge on any atom is 0.0880 e. The zero-order valence-electron chi connectivity index (χ0n) is 7.20. The molecule has 0 rings (SSSR count). The van der Waals surface area contributed by atoms with Gasteiger partial charge in [0.05, 0.1) is 19.3 Å². The van der Waals surface area contributed by atoms with Crippen molar-refractivity contribution in [1.29, 1.82) is 0 Å². The van der Waals surface area contributed by atoms with Gasteiger partial charge in [0.1, 0.15) is 0 Å². The molecule has 0 aliphatic rings. The van der Waals surface area contributed by atoms with E-state index in [1.807, 2.05) is 0 Å². The molecule has 0 amide bonds. The average molecular weight is 180 g/mol. The molecule has 0 saturated carbocycles. The van der Waals surface area contributed by atoms with Gasteiger partial charge in [0.2, 0.25) is 0 Å². The number of hydrogen-bond acceptors (Lipinski definition) is 3. The van der Waals surface area contributed by atoms with Gasteiger partial charge in [0.25, 0.3) is 0 Å². The van der Waals surface area contributed by atoms with Crippen molar-refractivity contribution in [3.05, 3.63) is 12.2 Å². The first-order chi connectivity index (χ1) is 6.31. The summed E-state index contributed by atoms with van der Waals surface area (Å²) in [6.45, 7) is -0.322. The summed E-state index contributed by atoms with van der Waals surface area (Å²) in [6.07, 6.45) is 2.42. The van der Waals surface area contributed by atoms with Crippen molar-refractivity contribution < 1.29 is 15.3 Å². The van der Waals surface area contributed by atoms with E-state index in [2.05, 4.69) is 23.7 Å². The minimum atomic E-state index is -0.790. The third-order valence-electron chi connectivity index (χ3n) is 1.08. The van der Waals surface area contributed by atoms with E-state index in [9.17, 15) is 0 Å². The predicted octanol–water partition coefficient (Wildman–Crippen LogP) is -0.715. The highest BCUT2D eigenvalue weighted by molar-refractivity contribution is 5.30. The van der Waals surface area contributed by atoms with E-state index < -0.39 is 6.10 Å². The van der Waals surface area contributed by atoms with E-state index in [0.717, 1.165) is 0 Å². The molecule has 0 aromatic carbocycles. The molecule has 3 N–H and O–H groups in total. The molecule has 1 atom stereocenters. The summed E-state index contributed by atoms with van der Waals surface area (Å²) >= 11 is 0.